The lowest BCUT2D eigenvalue weighted by atomic mass is 9.84. The second-order valence-electron chi connectivity index (χ2n) is 3.99. The van der Waals surface area contributed by atoms with Crippen molar-refractivity contribution in [3.63, 3.8) is 0 Å². The van der Waals surface area contributed by atoms with E-state index in [9.17, 15) is 14.7 Å². The highest BCUT2D eigenvalue weighted by Gasteiger charge is 2.59. The van der Waals surface area contributed by atoms with Gasteiger partial charge in [-0.25, -0.2) is 4.79 Å². The van der Waals surface area contributed by atoms with Crippen LogP contribution in [0.2, 0.25) is 0 Å². The Balaban J connectivity index is 2.23. The van der Waals surface area contributed by atoms with E-state index in [2.05, 4.69) is 0 Å². The number of carboxylic acid groups (broad SMARTS) is 1. The Kier molecular flexibility index (Phi) is 2.27. The summed E-state index contributed by atoms with van der Waals surface area (Å²) in [5, 5.41) is 18.3. The molecule has 6 heteroatoms. The van der Waals surface area contributed by atoms with Gasteiger partial charge in [0.05, 0.1) is 18.1 Å². The van der Waals surface area contributed by atoms with E-state index in [0.717, 1.165) is 0 Å². The summed E-state index contributed by atoms with van der Waals surface area (Å²) in [6, 6.07) is -1.18. The fourth-order valence-corrected chi connectivity index (χ4v) is 2.78. The van der Waals surface area contributed by atoms with Gasteiger partial charge in [0.2, 0.25) is 5.91 Å². The molecule has 82 valence electrons. The van der Waals surface area contributed by atoms with Gasteiger partial charge in [-0.05, 0) is 6.92 Å². The molecular weight excluding hydrogens is 218 g/mol. The van der Waals surface area contributed by atoms with Crippen molar-refractivity contribution < 1.29 is 19.8 Å². The molecule has 4 atom stereocenters. The van der Waals surface area contributed by atoms with Crippen molar-refractivity contribution in [1.29, 1.82) is 0 Å². The van der Waals surface area contributed by atoms with E-state index in [-0.39, 0.29) is 11.9 Å². The second-order valence-corrected chi connectivity index (χ2v) is 4.51. The number of carbonyl (C=O) groups excluding carboxylic acids is 1. The first kappa shape index (κ1) is 10.5. The van der Waals surface area contributed by atoms with Gasteiger partial charge in [0.15, 0.2) is 6.04 Å². The average molecular weight is 229 g/mol. The van der Waals surface area contributed by atoms with Gasteiger partial charge in [-0.3, -0.25) is 4.79 Å². The summed E-state index contributed by atoms with van der Waals surface area (Å²) in [6.45, 7) is 1.54. The van der Waals surface area contributed by atoms with Crippen molar-refractivity contribution in [3.8, 4) is 0 Å². The number of rotatable bonds is 2. The number of thiocarbonyl (C=S) groups is 1. The largest absolute Gasteiger partial charge is 0.479 e. The van der Waals surface area contributed by atoms with Gasteiger partial charge >= 0.3 is 5.97 Å². The van der Waals surface area contributed by atoms with Crippen LogP contribution in [0.3, 0.4) is 0 Å². The summed E-state index contributed by atoms with van der Waals surface area (Å²) in [5.74, 6) is -1.87. The van der Waals surface area contributed by atoms with Crippen molar-refractivity contribution in [2.45, 2.75) is 31.5 Å². The highest BCUT2D eigenvalue weighted by molar-refractivity contribution is 7.80. The fourth-order valence-electron chi connectivity index (χ4n) is 2.39. The lowest BCUT2D eigenvalue weighted by Crippen LogP contribution is -2.64. The highest BCUT2D eigenvalue weighted by Crippen LogP contribution is 2.40. The Bertz CT molecular complexity index is 354. The normalized spacial score (nSPS) is 36.1. The van der Waals surface area contributed by atoms with Gasteiger partial charge in [-0.2, -0.15) is 0 Å². The third-order valence-corrected chi connectivity index (χ3v) is 3.45. The van der Waals surface area contributed by atoms with Crippen LogP contribution in [0.25, 0.3) is 0 Å². The quantitative estimate of drug-likeness (QED) is 0.489. The molecule has 2 heterocycles. The molecule has 0 bridgehead atoms. The Morgan fingerprint density at radius 3 is 2.73 bits per heavy atom. The first-order valence-electron chi connectivity index (χ1n) is 4.71. The first-order chi connectivity index (χ1) is 6.95. The molecule has 0 aromatic heterocycles. The van der Waals surface area contributed by atoms with E-state index < -0.39 is 24.0 Å². The second kappa shape index (κ2) is 3.24. The van der Waals surface area contributed by atoms with Crippen molar-refractivity contribution in [3.05, 3.63) is 0 Å². The standard InChI is InChI=1S/C9H11NO4S/c1-3(11)6-4-2-5(15)7(9(13)14)10(4)8(6)12/h3-4,6-7,11H,2H2,1H3,(H,13,14). The smallest absolute Gasteiger partial charge is 0.331 e. The number of β-lactam (4-membered cyclic amide) rings is 1. The minimum Gasteiger partial charge on any atom is -0.479 e. The topological polar surface area (TPSA) is 77.8 Å². The van der Waals surface area contributed by atoms with E-state index in [4.69, 9.17) is 17.3 Å². The van der Waals surface area contributed by atoms with E-state index in [1.807, 2.05) is 0 Å². The zero-order chi connectivity index (χ0) is 11.3. The monoisotopic (exact) mass is 229 g/mol. The molecule has 5 nitrogen and oxygen atoms in total. The molecule has 0 aromatic rings. The van der Waals surface area contributed by atoms with E-state index >= 15 is 0 Å². The zero-order valence-corrected chi connectivity index (χ0v) is 8.90. The summed E-state index contributed by atoms with van der Waals surface area (Å²) in [7, 11) is 0. The van der Waals surface area contributed by atoms with Crippen LogP contribution in [-0.4, -0.2) is 50.0 Å². The molecule has 2 saturated heterocycles. The minimum absolute atomic E-state index is 0.217. The number of aliphatic hydroxyl groups excluding tert-OH is 1. The predicted molar refractivity (Wildman–Crippen MR) is 54.4 cm³/mol. The molecule has 2 aliphatic rings. The number of hydrogen-bond donors (Lipinski definition) is 2. The number of carbonyl (C=O) groups is 2. The van der Waals surface area contributed by atoms with Gasteiger partial charge in [-0.1, -0.05) is 12.2 Å². The van der Waals surface area contributed by atoms with Crippen LogP contribution in [0, 0.1) is 5.92 Å². The molecule has 2 aliphatic heterocycles. The maximum absolute atomic E-state index is 11.6. The Hall–Kier alpha value is -1.01. The van der Waals surface area contributed by atoms with Crippen LogP contribution in [0.15, 0.2) is 0 Å². The summed E-state index contributed by atoms with van der Waals surface area (Å²) < 4.78 is 0. The summed E-state index contributed by atoms with van der Waals surface area (Å²) in [6.07, 6.45) is -0.331. The summed E-state index contributed by atoms with van der Waals surface area (Å²) >= 11 is 4.95. The third-order valence-electron chi connectivity index (χ3n) is 3.06. The molecule has 4 unspecified atom stereocenters. The lowest BCUT2D eigenvalue weighted by molar-refractivity contribution is -0.168. The van der Waals surface area contributed by atoms with Crippen molar-refractivity contribution in [1.82, 2.24) is 4.90 Å². The fraction of sp³-hybridized carbons (Fsp3) is 0.667. The van der Waals surface area contributed by atoms with E-state index in [0.29, 0.717) is 11.3 Å². The Morgan fingerprint density at radius 1 is 1.67 bits per heavy atom. The Labute approximate surface area is 91.7 Å². The predicted octanol–water partition coefficient (Wildman–Crippen LogP) is -0.579. The van der Waals surface area contributed by atoms with Gasteiger partial charge in [-0.15, -0.1) is 0 Å². The molecule has 15 heavy (non-hydrogen) atoms. The zero-order valence-electron chi connectivity index (χ0n) is 8.08. The maximum atomic E-state index is 11.6. The van der Waals surface area contributed by atoms with Crippen molar-refractivity contribution in [2.24, 2.45) is 5.92 Å². The molecular formula is C9H11NO4S. The van der Waals surface area contributed by atoms with Crippen LogP contribution in [0.5, 0.6) is 0 Å². The molecule has 2 rings (SSSR count). The van der Waals surface area contributed by atoms with Crippen LogP contribution >= 0.6 is 12.2 Å². The number of aliphatic hydroxyl groups is 1. The summed E-state index contributed by atoms with van der Waals surface area (Å²) in [4.78, 5) is 24.1. The van der Waals surface area contributed by atoms with E-state index in [1.54, 1.807) is 0 Å². The summed E-state index contributed by atoms with van der Waals surface area (Å²) in [5.41, 5.74) is 0. The number of nitrogens with zero attached hydrogens (tertiary/aromatic N) is 1. The third kappa shape index (κ3) is 1.28. The van der Waals surface area contributed by atoms with Crippen molar-refractivity contribution >= 4 is 29.0 Å². The Morgan fingerprint density at radius 2 is 2.27 bits per heavy atom. The van der Waals surface area contributed by atoms with E-state index in [1.165, 1.54) is 11.8 Å². The van der Waals surface area contributed by atoms with Crippen LogP contribution in [0.1, 0.15) is 13.3 Å². The molecule has 0 saturated carbocycles. The number of amides is 1. The first-order valence-corrected chi connectivity index (χ1v) is 5.11. The van der Waals surface area contributed by atoms with Crippen LogP contribution < -0.4 is 0 Å². The molecule has 0 spiro atoms. The van der Waals surface area contributed by atoms with Crippen LogP contribution in [-0.2, 0) is 9.59 Å². The lowest BCUT2D eigenvalue weighted by Gasteiger charge is -2.45. The number of aliphatic carboxylic acids is 1. The maximum Gasteiger partial charge on any atom is 0.331 e. The molecule has 0 aliphatic carbocycles. The molecule has 2 N–H and O–H groups in total. The SMILES string of the molecule is CC(O)C1C(=O)N2C(C(=O)O)C(=S)CC12. The van der Waals surface area contributed by atoms with Gasteiger partial charge in [0.1, 0.15) is 0 Å². The van der Waals surface area contributed by atoms with Crippen LogP contribution in [0.4, 0.5) is 0 Å². The average Bonchev–Trinajstić information content (AvgIpc) is 2.38. The number of hydrogen-bond acceptors (Lipinski definition) is 4. The van der Waals surface area contributed by atoms with Gasteiger partial charge < -0.3 is 15.1 Å². The molecule has 0 aromatic carbocycles. The molecule has 0 radical (unpaired) electrons. The molecule has 2 fully saturated rings. The van der Waals surface area contributed by atoms with Gasteiger partial charge in [0, 0.05) is 11.3 Å². The highest BCUT2D eigenvalue weighted by atomic mass is 32.1. The number of fused-ring (bicyclic) bond motifs is 1. The van der Waals surface area contributed by atoms with Gasteiger partial charge in [0.25, 0.3) is 0 Å². The number of carboxylic acids is 1. The van der Waals surface area contributed by atoms with Crippen molar-refractivity contribution in [2.75, 3.05) is 0 Å². The minimum atomic E-state index is -1.08. The molecule has 1 amide bonds.